The average molecular weight is 362 g/mol. The van der Waals surface area contributed by atoms with Gasteiger partial charge in [-0.2, -0.15) is 18.0 Å². The van der Waals surface area contributed by atoms with E-state index in [2.05, 4.69) is 5.32 Å². The molecule has 132 valence electrons. The van der Waals surface area contributed by atoms with E-state index in [1.807, 2.05) is 6.07 Å². The molecule has 9 heteroatoms. The first-order chi connectivity index (χ1) is 11.8. The molecule has 2 aromatic rings. The normalized spacial score (nSPS) is 11.3. The Labute approximate surface area is 147 Å². The summed E-state index contributed by atoms with van der Waals surface area (Å²) in [5.41, 5.74) is 1.00. The van der Waals surface area contributed by atoms with Crippen LogP contribution in [0.2, 0.25) is 0 Å². The first-order valence-electron chi connectivity index (χ1n) is 7.63. The van der Waals surface area contributed by atoms with Crippen molar-refractivity contribution in [3.05, 3.63) is 54.1 Å². The number of aryl methyl sites for hydroxylation is 1. The number of carbonyl (C=O) groups is 1. The molecular weight excluding hydrogens is 342 g/mol. The number of hydrogen-bond donors (Lipinski definition) is 1. The van der Waals surface area contributed by atoms with Gasteiger partial charge in [-0.1, -0.05) is 0 Å². The molecule has 1 amide bonds. The van der Waals surface area contributed by atoms with Crippen LogP contribution in [0.4, 0.5) is 0 Å². The number of aromatic nitrogens is 2. The van der Waals surface area contributed by atoms with Crippen LogP contribution in [0.25, 0.3) is 0 Å². The molecule has 0 radical (unpaired) electrons. The largest absolute Gasteiger partial charge is 0.379 e. The van der Waals surface area contributed by atoms with Crippen molar-refractivity contribution < 1.29 is 17.8 Å². The molecule has 0 spiro atoms. The summed E-state index contributed by atoms with van der Waals surface area (Å²) < 4.78 is 28.0. The fourth-order valence-corrected chi connectivity index (χ4v) is 2.92. The Hall–Kier alpha value is -2.70. The molecule has 1 heterocycles. The second-order valence-corrected chi connectivity index (χ2v) is 7.62. The summed E-state index contributed by atoms with van der Waals surface area (Å²) in [5.74, 6) is -0.206. The van der Waals surface area contributed by atoms with Gasteiger partial charge < -0.3 is 5.32 Å². The van der Waals surface area contributed by atoms with Crippen molar-refractivity contribution >= 4 is 16.1 Å². The molecule has 0 bridgehead atoms. The topological polar surface area (TPSA) is 99.1 Å². The van der Waals surface area contributed by atoms with E-state index < -0.39 is 10.2 Å². The summed E-state index contributed by atoms with van der Waals surface area (Å²) in [6.07, 6.45) is 5.30. The maximum Gasteiger partial charge on any atom is 0.379 e. The van der Waals surface area contributed by atoms with Gasteiger partial charge >= 0.3 is 10.2 Å². The number of nitrogens with one attached hydrogen (secondary N) is 1. The van der Waals surface area contributed by atoms with Gasteiger partial charge in [0.15, 0.2) is 0 Å². The quantitative estimate of drug-likeness (QED) is 0.559. The Kier molecular flexibility index (Phi) is 5.90. The number of nitriles is 1. The summed E-state index contributed by atoms with van der Waals surface area (Å²) >= 11 is 0. The molecule has 1 N–H and O–H groups in total. The van der Waals surface area contributed by atoms with Crippen LogP contribution >= 0.6 is 0 Å². The number of rotatable bonds is 7. The zero-order chi connectivity index (χ0) is 18.4. The van der Waals surface area contributed by atoms with Crippen LogP contribution in [0.3, 0.4) is 0 Å². The van der Waals surface area contributed by atoms with Crippen LogP contribution < -0.4 is 9.88 Å². The number of amides is 1. The Balaban J connectivity index is 1.82. The fourth-order valence-electron chi connectivity index (χ4n) is 2.09. The number of imidazole rings is 1. The van der Waals surface area contributed by atoms with E-state index in [9.17, 15) is 13.2 Å². The number of nitrogens with zero attached hydrogens (tertiary/aromatic N) is 4. The molecule has 0 aliphatic carbocycles. The molecule has 0 fully saturated rings. The Morgan fingerprint density at radius 3 is 2.60 bits per heavy atom. The maximum absolute atomic E-state index is 12.0. The highest BCUT2D eigenvalue weighted by Gasteiger charge is 2.22. The minimum atomic E-state index is -3.51. The molecule has 25 heavy (non-hydrogen) atoms. The standard InChI is InChI=1S/C16H19N5O3S/c1-19(2)25(23,24)21-11-10-20(13-21)9-3-8-18-16(22)15-6-4-14(12-17)5-7-15/h4-7,10-11,13H,3,8-9H2,1-2H3/p+1. The summed E-state index contributed by atoms with van der Waals surface area (Å²) in [4.78, 5) is 12.0. The highest BCUT2D eigenvalue weighted by molar-refractivity contribution is 7.87. The second-order valence-electron chi connectivity index (χ2n) is 5.57. The van der Waals surface area contributed by atoms with Crippen LogP contribution in [0.15, 0.2) is 43.0 Å². The molecular formula is C16H20N5O3S+. The van der Waals surface area contributed by atoms with Crippen molar-refractivity contribution in [1.82, 2.24) is 13.6 Å². The molecule has 0 aliphatic rings. The minimum Gasteiger partial charge on any atom is -0.352 e. The van der Waals surface area contributed by atoms with Gasteiger partial charge in [0.25, 0.3) is 12.2 Å². The molecule has 2 rings (SSSR count). The summed E-state index contributed by atoms with van der Waals surface area (Å²) in [6.45, 7) is 1.03. The molecule has 0 saturated carbocycles. The van der Waals surface area contributed by atoms with Gasteiger partial charge in [0.2, 0.25) is 0 Å². The van der Waals surface area contributed by atoms with Crippen molar-refractivity contribution in [2.45, 2.75) is 13.0 Å². The lowest BCUT2D eigenvalue weighted by Crippen LogP contribution is -2.35. The van der Waals surface area contributed by atoms with E-state index in [4.69, 9.17) is 5.26 Å². The highest BCUT2D eigenvalue weighted by atomic mass is 32.2. The zero-order valence-electron chi connectivity index (χ0n) is 14.1. The summed E-state index contributed by atoms with van der Waals surface area (Å²) in [5, 5.41) is 11.5. The Morgan fingerprint density at radius 1 is 1.32 bits per heavy atom. The lowest BCUT2D eigenvalue weighted by molar-refractivity contribution is -0.696. The van der Waals surface area contributed by atoms with Gasteiger partial charge in [-0.15, -0.1) is 3.97 Å². The first-order valence-corrected chi connectivity index (χ1v) is 9.02. The molecule has 0 saturated heterocycles. The SMILES string of the molecule is CN(C)S(=O)(=O)n1cc[n+](CCCNC(=O)c2ccc(C#N)cc2)c1. The number of hydrogen-bond acceptors (Lipinski definition) is 4. The van der Waals surface area contributed by atoms with Crippen molar-refractivity contribution in [2.24, 2.45) is 0 Å². The van der Waals surface area contributed by atoms with Crippen LogP contribution in [-0.4, -0.2) is 43.2 Å². The van der Waals surface area contributed by atoms with Crippen molar-refractivity contribution in [2.75, 3.05) is 20.6 Å². The van der Waals surface area contributed by atoms with E-state index >= 15 is 0 Å². The molecule has 0 atom stereocenters. The van der Waals surface area contributed by atoms with Crippen LogP contribution in [0.1, 0.15) is 22.3 Å². The van der Waals surface area contributed by atoms with Crippen LogP contribution in [0.5, 0.6) is 0 Å². The van der Waals surface area contributed by atoms with Gasteiger partial charge in [0, 0.05) is 32.6 Å². The smallest absolute Gasteiger partial charge is 0.352 e. The van der Waals surface area contributed by atoms with Gasteiger partial charge in [-0.05, 0) is 24.3 Å². The van der Waals surface area contributed by atoms with E-state index in [-0.39, 0.29) is 5.91 Å². The third-order valence-corrected chi connectivity index (χ3v) is 5.22. The highest BCUT2D eigenvalue weighted by Crippen LogP contribution is 2.03. The van der Waals surface area contributed by atoms with Gasteiger partial charge in [0.05, 0.1) is 18.2 Å². The van der Waals surface area contributed by atoms with E-state index in [1.165, 1.54) is 26.6 Å². The Morgan fingerprint density at radius 2 is 2.00 bits per heavy atom. The van der Waals surface area contributed by atoms with E-state index in [0.29, 0.717) is 30.6 Å². The lowest BCUT2D eigenvalue weighted by Gasteiger charge is -2.06. The Bertz CT molecular complexity index is 879. The number of benzene rings is 1. The van der Waals surface area contributed by atoms with E-state index in [1.54, 1.807) is 35.0 Å². The molecule has 0 unspecified atom stereocenters. The third kappa shape index (κ3) is 4.65. The molecule has 1 aromatic carbocycles. The predicted octanol–water partition coefficient (Wildman–Crippen LogP) is 0.122. The minimum absolute atomic E-state index is 0.206. The molecule has 0 aliphatic heterocycles. The lowest BCUT2D eigenvalue weighted by atomic mass is 10.1. The van der Waals surface area contributed by atoms with Gasteiger partial charge in [0.1, 0.15) is 12.4 Å². The van der Waals surface area contributed by atoms with Crippen molar-refractivity contribution in [3.63, 3.8) is 0 Å². The summed E-state index contributed by atoms with van der Waals surface area (Å²) in [7, 11) is -0.564. The second kappa shape index (κ2) is 7.92. The average Bonchev–Trinajstić information content (AvgIpc) is 3.08. The van der Waals surface area contributed by atoms with Crippen molar-refractivity contribution in [3.8, 4) is 6.07 Å². The fraction of sp³-hybridized carbons (Fsp3) is 0.312. The van der Waals surface area contributed by atoms with Crippen molar-refractivity contribution in [1.29, 1.82) is 5.26 Å². The van der Waals surface area contributed by atoms with Gasteiger partial charge in [-0.25, -0.2) is 4.57 Å². The van der Waals surface area contributed by atoms with Crippen LogP contribution in [0, 0.1) is 11.3 Å². The number of carbonyl (C=O) groups excluding carboxylic acids is 1. The third-order valence-electron chi connectivity index (χ3n) is 3.55. The van der Waals surface area contributed by atoms with E-state index in [0.717, 1.165) is 8.28 Å². The molecule has 1 aromatic heterocycles. The predicted molar refractivity (Wildman–Crippen MR) is 90.7 cm³/mol. The monoisotopic (exact) mass is 362 g/mol. The summed E-state index contributed by atoms with van der Waals surface area (Å²) in [6, 6.07) is 8.40. The molecule has 8 nitrogen and oxygen atoms in total. The first kappa shape index (κ1) is 18.6. The van der Waals surface area contributed by atoms with Gasteiger partial charge in [-0.3, -0.25) is 4.79 Å². The van der Waals surface area contributed by atoms with Crippen LogP contribution in [-0.2, 0) is 16.8 Å². The zero-order valence-corrected chi connectivity index (χ0v) is 14.9. The maximum atomic E-state index is 12.0.